The molecule has 1 heterocycles. The summed E-state index contributed by atoms with van der Waals surface area (Å²) in [6.07, 6.45) is 2.01. The van der Waals surface area contributed by atoms with Gasteiger partial charge in [0.1, 0.15) is 7.05 Å². The van der Waals surface area contributed by atoms with E-state index in [4.69, 9.17) is 5.48 Å². The zero-order chi connectivity index (χ0) is 20.7. The van der Waals surface area contributed by atoms with Crippen molar-refractivity contribution in [2.24, 2.45) is 7.05 Å². The molecular formula is C23H26N+. The summed E-state index contributed by atoms with van der Waals surface area (Å²) in [7, 11) is 2.02. The fraction of sp³-hybridized carbons (Fsp3) is 0.261. The molecule has 3 aromatic rings. The van der Waals surface area contributed by atoms with Crippen molar-refractivity contribution >= 4 is 0 Å². The second kappa shape index (κ2) is 6.60. The minimum absolute atomic E-state index is 0.538. The Hall–Kier alpha value is -2.41. The van der Waals surface area contributed by atoms with Gasteiger partial charge in [-0.15, -0.1) is 0 Å². The van der Waals surface area contributed by atoms with Crippen LogP contribution in [0, 0.1) is 13.8 Å². The molecular weight excluding hydrogens is 290 g/mol. The van der Waals surface area contributed by atoms with E-state index in [2.05, 4.69) is 29.7 Å². The normalized spacial score (nSPS) is 16.5. The molecule has 1 heteroatoms. The van der Waals surface area contributed by atoms with E-state index in [1.807, 2.05) is 56.6 Å². The van der Waals surface area contributed by atoms with E-state index in [9.17, 15) is 0 Å². The third-order valence-electron chi connectivity index (χ3n) is 4.55. The lowest BCUT2D eigenvalue weighted by Crippen LogP contribution is -2.30. The molecule has 2 aromatic carbocycles. The molecule has 0 spiro atoms. The van der Waals surface area contributed by atoms with Crippen molar-refractivity contribution < 1.29 is 10.1 Å². The standard InChI is InChI=1S/C23H26N/c1-16(2)22-14-19(11-10-18(22)4)20-12-13-24(5)23(15-20)21-9-7-6-8-17(21)3/h6-16H,1-5H3/q+1/i1D3,16D. The summed E-state index contributed by atoms with van der Waals surface area (Å²) in [5.41, 5.74) is 6.71. The fourth-order valence-corrected chi connectivity index (χ4v) is 3.08. The number of nitrogens with zero attached hydrogens (tertiary/aromatic N) is 1. The van der Waals surface area contributed by atoms with E-state index in [0.29, 0.717) is 5.56 Å². The van der Waals surface area contributed by atoms with Crippen LogP contribution in [0.4, 0.5) is 0 Å². The topological polar surface area (TPSA) is 3.88 Å². The Balaban J connectivity index is 2.15. The van der Waals surface area contributed by atoms with Crippen LogP contribution in [0.25, 0.3) is 22.4 Å². The average Bonchev–Trinajstić information content (AvgIpc) is 2.62. The first-order valence-corrected chi connectivity index (χ1v) is 8.19. The Bertz CT molecular complexity index is 1020. The summed E-state index contributed by atoms with van der Waals surface area (Å²) in [5.74, 6) is -1.66. The molecule has 0 saturated carbocycles. The van der Waals surface area contributed by atoms with Gasteiger partial charge < -0.3 is 0 Å². The highest BCUT2D eigenvalue weighted by Gasteiger charge is 2.14. The lowest BCUT2D eigenvalue weighted by Gasteiger charge is -2.12. The Morgan fingerprint density at radius 3 is 2.46 bits per heavy atom. The molecule has 0 N–H and O–H groups in total. The van der Waals surface area contributed by atoms with E-state index in [1.165, 1.54) is 12.5 Å². The van der Waals surface area contributed by atoms with Crippen LogP contribution in [0.5, 0.6) is 0 Å². The van der Waals surface area contributed by atoms with Crippen LogP contribution in [0.1, 0.15) is 41.8 Å². The summed E-state index contributed by atoms with van der Waals surface area (Å²) in [4.78, 5) is 0. The number of hydrogen-bond acceptors (Lipinski definition) is 0. The van der Waals surface area contributed by atoms with Gasteiger partial charge in [0.05, 0.1) is 0 Å². The monoisotopic (exact) mass is 320 g/mol. The second-order valence-electron chi connectivity index (χ2n) is 6.38. The van der Waals surface area contributed by atoms with Crippen LogP contribution in [0.15, 0.2) is 60.8 Å². The summed E-state index contributed by atoms with van der Waals surface area (Å²) >= 11 is 0. The number of pyridine rings is 1. The maximum Gasteiger partial charge on any atom is 0.213 e. The van der Waals surface area contributed by atoms with Crippen molar-refractivity contribution in [3.63, 3.8) is 0 Å². The van der Waals surface area contributed by atoms with Gasteiger partial charge >= 0.3 is 0 Å². The maximum atomic E-state index is 8.49. The highest BCUT2D eigenvalue weighted by Crippen LogP contribution is 2.29. The van der Waals surface area contributed by atoms with Crippen LogP contribution in [-0.2, 0) is 7.05 Å². The van der Waals surface area contributed by atoms with E-state index < -0.39 is 12.7 Å². The van der Waals surface area contributed by atoms with Gasteiger partial charge in [0.25, 0.3) is 0 Å². The predicted molar refractivity (Wildman–Crippen MR) is 102 cm³/mol. The summed E-state index contributed by atoms with van der Waals surface area (Å²) in [5, 5.41) is 0. The summed E-state index contributed by atoms with van der Waals surface area (Å²) in [6, 6.07) is 18.1. The molecule has 1 unspecified atom stereocenters. The van der Waals surface area contributed by atoms with Gasteiger partial charge in [0.15, 0.2) is 6.20 Å². The van der Waals surface area contributed by atoms with Crippen molar-refractivity contribution in [3.05, 3.63) is 77.5 Å². The molecule has 1 nitrogen and oxygen atoms in total. The van der Waals surface area contributed by atoms with Gasteiger partial charge in [-0.05, 0) is 53.6 Å². The van der Waals surface area contributed by atoms with Crippen molar-refractivity contribution in [1.82, 2.24) is 0 Å². The highest BCUT2D eigenvalue weighted by atomic mass is 14.9. The van der Waals surface area contributed by atoms with Gasteiger partial charge in [-0.1, -0.05) is 50.2 Å². The first kappa shape index (κ1) is 12.0. The molecule has 24 heavy (non-hydrogen) atoms. The van der Waals surface area contributed by atoms with Gasteiger partial charge in [0.2, 0.25) is 5.69 Å². The Labute approximate surface area is 151 Å². The van der Waals surface area contributed by atoms with Crippen LogP contribution >= 0.6 is 0 Å². The lowest BCUT2D eigenvalue weighted by molar-refractivity contribution is -0.660. The first-order chi connectivity index (χ1) is 13.0. The number of rotatable bonds is 3. The molecule has 0 aliphatic heterocycles. The van der Waals surface area contributed by atoms with Gasteiger partial charge in [-0.25, -0.2) is 4.57 Å². The SMILES string of the molecule is [2H]C([2H])([2H])C([2H])(C)c1cc(-c2cc[n+](C)c(-c3ccccc3C)c2)ccc1C. The molecule has 122 valence electrons. The van der Waals surface area contributed by atoms with E-state index in [1.54, 1.807) is 0 Å². The average molecular weight is 320 g/mol. The van der Waals surface area contributed by atoms with Crippen LogP contribution in [0.3, 0.4) is 0 Å². The minimum atomic E-state index is -2.40. The van der Waals surface area contributed by atoms with Crippen molar-refractivity contribution in [2.45, 2.75) is 33.5 Å². The van der Waals surface area contributed by atoms with Crippen molar-refractivity contribution in [1.29, 1.82) is 0 Å². The molecule has 0 saturated heterocycles. The molecule has 0 aliphatic carbocycles. The smallest absolute Gasteiger partial charge is 0.201 e. The quantitative estimate of drug-likeness (QED) is 0.554. The minimum Gasteiger partial charge on any atom is -0.201 e. The largest absolute Gasteiger partial charge is 0.213 e. The molecule has 1 atom stereocenters. The molecule has 0 amide bonds. The zero-order valence-electron chi connectivity index (χ0n) is 18.7. The Kier molecular flexibility index (Phi) is 3.31. The lowest BCUT2D eigenvalue weighted by atomic mass is 9.93. The third-order valence-corrected chi connectivity index (χ3v) is 4.55. The Morgan fingerprint density at radius 1 is 0.958 bits per heavy atom. The molecule has 0 radical (unpaired) electrons. The Morgan fingerprint density at radius 2 is 1.71 bits per heavy atom. The first-order valence-electron chi connectivity index (χ1n) is 10.2. The van der Waals surface area contributed by atoms with Crippen molar-refractivity contribution in [2.75, 3.05) is 0 Å². The van der Waals surface area contributed by atoms with Crippen LogP contribution in [-0.4, -0.2) is 0 Å². The van der Waals surface area contributed by atoms with Crippen molar-refractivity contribution in [3.8, 4) is 22.4 Å². The van der Waals surface area contributed by atoms with Crippen LogP contribution in [0.2, 0.25) is 0 Å². The number of aryl methyl sites for hydroxylation is 3. The highest BCUT2D eigenvalue weighted by molar-refractivity contribution is 5.71. The van der Waals surface area contributed by atoms with E-state index in [-0.39, 0.29) is 0 Å². The molecule has 0 bridgehead atoms. The molecule has 3 rings (SSSR count). The van der Waals surface area contributed by atoms with E-state index in [0.717, 1.165) is 27.9 Å². The predicted octanol–water partition coefficient (Wildman–Crippen LogP) is 5.59. The van der Waals surface area contributed by atoms with E-state index >= 15 is 0 Å². The fourth-order valence-electron chi connectivity index (χ4n) is 3.08. The second-order valence-corrected chi connectivity index (χ2v) is 6.38. The molecule has 1 aromatic heterocycles. The number of hydrogen-bond donors (Lipinski definition) is 0. The summed E-state index contributed by atoms with van der Waals surface area (Å²) < 4.78 is 33.9. The van der Waals surface area contributed by atoms with Gasteiger partial charge in [-0.3, -0.25) is 0 Å². The van der Waals surface area contributed by atoms with Crippen LogP contribution < -0.4 is 4.57 Å². The summed E-state index contributed by atoms with van der Waals surface area (Å²) in [6.45, 7) is 3.02. The third kappa shape index (κ3) is 3.12. The van der Waals surface area contributed by atoms with Gasteiger partial charge in [0, 0.05) is 23.2 Å². The number of benzene rings is 2. The molecule has 0 aliphatic rings. The number of aromatic nitrogens is 1. The zero-order valence-corrected chi connectivity index (χ0v) is 14.7. The molecule has 0 fully saturated rings. The van der Waals surface area contributed by atoms with Gasteiger partial charge in [-0.2, -0.15) is 0 Å². The maximum absolute atomic E-state index is 8.49.